The van der Waals surface area contributed by atoms with Crippen LogP contribution in [0.3, 0.4) is 0 Å². The van der Waals surface area contributed by atoms with Gasteiger partial charge in [0.1, 0.15) is 5.60 Å². The summed E-state index contributed by atoms with van der Waals surface area (Å²) in [5.74, 6) is -0.218. The highest BCUT2D eigenvalue weighted by Crippen LogP contribution is 2.51. The van der Waals surface area contributed by atoms with Gasteiger partial charge in [0, 0.05) is 24.9 Å². The molecule has 0 spiro atoms. The lowest BCUT2D eigenvalue weighted by atomic mass is 9.78. The molecule has 1 fully saturated rings. The summed E-state index contributed by atoms with van der Waals surface area (Å²) in [6.45, 7) is 9.78. The van der Waals surface area contributed by atoms with E-state index in [1.165, 1.54) is 0 Å². The predicted octanol–water partition coefficient (Wildman–Crippen LogP) is 5.27. The minimum Gasteiger partial charge on any atom is -0.478 e. The second-order valence-electron chi connectivity index (χ2n) is 9.31. The number of carbonyl (C=O) groups is 2. The van der Waals surface area contributed by atoms with Gasteiger partial charge in [0.15, 0.2) is 11.5 Å². The number of carboxylic acid groups (broad SMARTS) is 1. The molecule has 1 aromatic rings. The molecule has 1 aromatic carbocycles. The zero-order chi connectivity index (χ0) is 22.3. The predicted molar refractivity (Wildman–Crippen MR) is 115 cm³/mol. The van der Waals surface area contributed by atoms with Crippen molar-refractivity contribution in [3.8, 4) is 11.5 Å². The van der Waals surface area contributed by atoms with Crippen molar-refractivity contribution < 1.29 is 28.9 Å². The van der Waals surface area contributed by atoms with Crippen molar-refractivity contribution >= 4 is 28.0 Å². The Labute approximate surface area is 185 Å². The van der Waals surface area contributed by atoms with Gasteiger partial charge in [-0.1, -0.05) is 0 Å². The summed E-state index contributed by atoms with van der Waals surface area (Å²) in [5, 5.41) is 12.3. The molecule has 2 N–H and O–H groups in total. The zero-order valence-corrected chi connectivity index (χ0v) is 19.7. The first kappa shape index (κ1) is 22.7. The fraction of sp³-hybridized carbons (Fsp3) is 0.636. The van der Waals surface area contributed by atoms with Gasteiger partial charge in [-0.05, 0) is 81.3 Å². The summed E-state index contributed by atoms with van der Waals surface area (Å²) in [4.78, 5) is 23.4. The quantitative estimate of drug-likeness (QED) is 0.605. The highest BCUT2D eigenvalue weighted by molar-refractivity contribution is 9.10. The SMILES string of the molecule is Cc1c(C(=O)O)cc(Br)c2c1OC(C)(C1CCC(CNC(=O)OC(C)(C)C)CC1)O2. The van der Waals surface area contributed by atoms with Crippen LogP contribution in [0.2, 0.25) is 0 Å². The van der Waals surface area contributed by atoms with Crippen LogP contribution in [0.15, 0.2) is 10.5 Å². The number of amides is 1. The molecule has 8 heteroatoms. The molecule has 166 valence electrons. The van der Waals surface area contributed by atoms with E-state index in [4.69, 9.17) is 14.2 Å². The van der Waals surface area contributed by atoms with E-state index in [1.54, 1.807) is 13.0 Å². The summed E-state index contributed by atoms with van der Waals surface area (Å²) in [6, 6.07) is 1.56. The summed E-state index contributed by atoms with van der Waals surface area (Å²) in [5.41, 5.74) is 0.264. The van der Waals surface area contributed by atoms with Gasteiger partial charge in [-0.15, -0.1) is 0 Å². The van der Waals surface area contributed by atoms with Crippen LogP contribution in [-0.2, 0) is 4.74 Å². The van der Waals surface area contributed by atoms with E-state index in [1.807, 2.05) is 27.7 Å². The molecule has 30 heavy (non-hydrogen) atoms. The summed E-state index contributed by atoms with van der Waals surface area (Å²) in [7, 11) is 0. The van der Waals surface area contributed by atoms with Crippen LogP contribution in [0.4, 0.5) is 4.79 Å². The van der Waals surface area contributed by atoms with Crippen molar-refractivity contribution in [3.05, 3.63) is 21.7 Å². The van der Waals surface area contributed by atoms with Crippen LogP contribution in [-0.4, -0.2) is 35.1 Å². The number of rotatable bonds is 4. The van der Waals surface area contributed by atoms with E-state index < -0.39 is 17.4 Å². The maximum atomic E-state index is 11.9. The van der Waals surface area contributed by atoms with Gasteiger partial charge in [0.25, 0.3) is 5.79 Å². The highest BCUT2D eigenvalue weighted by atomic mass is 79.9. The highest BCUT2D eigenvalue weighted by Gasteiger charge is 2.47. The first-order chi connectivity index (χ1) is 13.9. The maximum absolute atomic E-state index is 11.9. The number of hydrogen-bond donors (Lipinski definition) is 2. The van der Waals surface area contributed by atoms with Gasteiger partial charge in [-0.2, -0.15) is 0 Å². The minimum atomic E-state index is -0.994. The third-order valence-corrected chi connectivity index (χ3v) is 6.39. The van der Waals surface area contributed by atoms with E-state index in [2.05, 4.69) is 21.2 Å². The number of ether oxygens (including phenoxy) is 3. The maximum Gasteiger partial charge on any atom is 0.407 e. The Balaban J connectivity index is 1.59. The van der Waals surface area contributed by atoms with Crippen molar-refractivity contribution in [2.75, 3.05) is 6.54 Å². The van der Waals surface area contributed by atoms with Crippen molar-refractivity contribution in [2.45, 2.75) is 71.7 Å². The van der Waals surface area contributed by atoms with Gasteiger partial charge in [-0.3, -0.25) is 0 Å². The molecule has 1 saturated carbocycles. The molecule has 1 amide bonds. The van der Waals surface area contributed by atoms with Crippen LogP contribution in [0.25, 0.3) is 0 Å². The molecule has 1 unspecified atom stereocenters. The Hall–Kier alpha value is -1.96. The van der Waals surface area contributed by atoms with Gasteiger partial charge in [0.05, 0.1) is 10.0 Å². The molecule has 1 aliphatic carbocycles. The number of aromatic carboxylic acids is 1. The average Bonchev–Trinajstić information content (AvgIpc) is 3.02. The zero-order valence-electron chi connectivity index (χ0n) is 18.1. The number of benzene rings is 1. The topological polar surface area (TPSA) is 94.1 Å². The van der Waals surface area contributed by atoms with Gasteiger partial charge in [-0.25, -0.2) is 9.59 Å². The molecule has 1 heterocycles. The van der Waals surface area contributed by atoms with Crippen molar-refractivity contribution in [1.29, 1.82) is 0 Å². The first-order valence-electron chi connectivity index (χ1n) is 10.3. The lowest BCUT2D eigenvalue weighted by molar-refractivity contribution is -0.123. The molecule has 3 rings (SSSR count). The Morgan fingerprint density at radius 1 is 1.23 bits per heavy atom. The minimum absolute atomic E-state index is 0.169. The standard InChI is InChI=1S/C22H30BrNO6/c1-12-15(19(25)26)10-16(23)18-17(12)28-22(5,29-18)14-8-6-13(7-9-14)11-24-20(27)30-21(2,3)4/h10,13-14H,6-9,11H2,1-5H3,(H,24,27)(H,25,26). The van der Waals surface area contributed by atoms with Gasteiger partial charge < -0.3 is 24.6 Å². The van der Waals surface area contributed by atoms with Crippen molar-refractivity contribution in [2.24, 2.45) is 11.8 Å². The Morgan fingerprint density at radius 3 is 2.40 bits per heavy atom. The largest absolute Gasteiger partial charge is 0.478 e. The lowest BCUT2D eigenvalue weighted by Gasteiger charge is -2.37. The van der Waals surface area contributed by atoms with Crippen LogP contribution >= 0.6 is 15.9 Å². The molecule has 7 nitrogen and oxygen atoms in total. The Morgan fingerprint density at radius 2 is 1.83 bits per heavy atom. The third-order valence-electron chi connectivity index (χ3n) is 5.80. The van der Waals surface area contributed by atoms with Crippen LogP contribution in [0.1, 0.15) is 69.3 Å². The molecule has 1 aliphatic heterocycles. The van der Waals surface area contributed by atoms with Gasteiger partial charge in [0.2, 0.25) is 0 Å². The monoisotopic (exact) mass is 483 g/mol. The molecule has 0 aromatic heterocycles. The van der Waals surface area contributed by atoms with Crippen LogP contribution in [0.5, 0.6) is 11.5 Å². The summed E-state index contributed by atoms with van der Waals surface area (Å²) < 4.78 is 18.3. The number of halogens is 1. The second-order valence-corrected chi connectivity index (χ2v) is 10.2. The van der Waals surface area contributed by atoms with E-state index >= 15 is 0 Å². The summed E-state index contributed by atoms with van der Waals surface area (Å²) in [6.07, 6.45) is 3.30. The summed E-state index contributed by atoms with van der Waals surface area (Å²) >= 11 is 3.42. The van der Waals surface area contributed by atoms with E-state index in [-0.39, 0.29) is 17.6 Å². The van der Waals surface area contributed by atoms with E-state index in [0.29, 0.717) is 34.0 Å². The number of nitrogens with one attached hydrogen (secondary N) is 1. The fourth-order valence-electron chi connectivity index (χ4n) is 4.17. The van der Waals surface area contributed by atoms with E-state index in [0.717, 1.165) is 25.7 Å². The van der Waals surface area contributed by atoms with Crippen LogP contribution < -0.4 is 14.8 Å². The number of alkyl carbamates (subject to hydrolysis) is 1. The number of fused-ring (bicyclic) bond motifs is 1. The molecule has 0 saturated heterocycles. The Kier molecular flexibility index (Phi) is 6.28. The number of carboxylic acids is 1. The van der Waals surface area contributed by atoms with E-state index in [9.17, 15) is 14.7 Å². The second kappa shape index (κ2) is 8.29. The Bertz CT molecular complexity index is 841. The normalized spacial score (nSPS) is 25.7. The smallest absolute Gasteiger partial charge is 0.407 e. The molecule has 0 bridgehead atoms. The number of hydrogen-bond acceptors (Lipinski definition) is 5. The fourth-order valence-corrected chi connectivity index (χ4v) is 4.66. The van der Waals surface area contributed by atoms with Crippen molar-refractivity contribution in [3.63, 3.8) is 0 Å². The number of carbonyl (C=O) groups excluding carboxylic acids is 1. The molecule has 2 aliphatic rings. The van der Waals surface area contributed by atoms with Crippen molar-refractivity contribution in [1.82, 2.24) is 5.32 Å². The van der Waals surface area contributed by atoms with Crippen LogP contribution in [0, 0.1) is 18.8 Å². The average molecular weight is 484 g/mol. The molecular formula is C22H30BrNO6. The molecule has 0 radical (unpaired) electrons. The third kappa shape index (κ3) is 4.85. The lowest BCUT2D eigenvalue weighted by Crippen LogP contribution is -2.45. The van der Waals surface area contributed by atoms with Gasteiger partial charge >= 0.3 is 12.1 Å². The first-order valence-corrected chi connectivity index (χ1v) is 11.1. The molecular weight excluding hydrogens is 454 g/mol. The molecule has 1 atom stereocenters.